The van der Waals surface area contributed by atoms with E-state index in [9.17, 15) is 4.79 Å². The molecule has 0 spiro atoms. The van der Waals surface area contributed by atoms with Crippen LogP contribution in [0.5, 0.6) is 5.75 Å². The molecule has 0 bridgehead atoms. The summed E-state index contributed by atoms with van der Waals surface area (Å²) in [6.07, 6.45) is 3.59. The third-order valence-electron chi connectivity index (χ3n) is 4.82. The van der Waals surface area contributed by atoms with Gasteiger partial charge in [0.1, 0.15) is 11.4 Å². The van der Waals surface area contributed by atoms with Crippen LogP contribution in [0.15, 0.2) is 36.4 Å². The molecule has 0 fully saturated rings. The van der Waals surface area contributed by atoms with E-state index in [1.807, 2.05) is 43.3 Å². The molecule has 0 saturated carbocycles. The average molecular weight is 386 g/mol. The lowest BCUT2D eigenvalue weighted by Gasteiger charge is -2.29. The molecule has 28 heavy (non-hydrogen) atoms. The van der Waals surface area contributed by atoms with Crippen molar-refractivity contribution in [1.29, 1.82) is 0 Å². The number of fused-ring (bicyclic) bond motifs is 1. The van der Waals surface area contributed by atoms with Gasteiger partial charge in [-0.2, -0.15) is 0 Å². The van der Waals surface area contributed by atoms with E-state index >= 15 is 0 Å². The van der Waals surface area contributed by atoms with Gasteiger partial charge in [-0.1, -0.05) is 64.8 Å². The number of carbonyl (C=O) groups excluding carboxylic acids is 1. The van der Waals surface area contributed by atoms with Crippen molar-refractivity contribution < 1.29 is 14.3 Å². The molecular weight excluding hydrogens is 350 g/mol. The SMILES string of the molecule is CCCCC(C)(OCCC)C(=O)Nc1ccc(OCC(C)C)c2ccccc12. The Morgan fingerprint density at radius 3 is 2.43 bits per heavy atom. The predicted octanol–water partition coefficient (Wildman–Crippen LogP) is 6.19. The van der Waals surface area contributed by atoms with Crippen molar-refractivity contribution in [3.8, 4) is 5.75 Å². The average Bonchev–Trinajstić information content (AvgIpc) is 2.69. The number of ether oxygens (including phenoxy) is 2. The van der Waals surface area contributed by atoms with Crippen molar-refractivity contribution in [2.45, 2.75) is 65.9 Å². The monoisotopic (exact) mass is 385 g/mol. The molecule has 1 unspecified atom stereocenters. The van der Waals surface area contributed by atoms with E-state index in [1.165, 1.54) is 0 Å². The molecule has 4 nitrogen and oxygen atoms in total. The van der Waals surface area contributed by atoms with E-state index in [-0.39, 0.29) is 5.91 Å². The maximum absolute atomic E-state index is 13.1. The Balaban J connectivity index is 2.29. The molecule has 1 atom stereocenters. The van der Waals surface area contributed by atoms with Gasteiger partial charge in [-0.25, -0.2) is 0 Å². The highest BCUT2D eigenvalue weighted by molar-refractivity contribution is 6.06. The normalized spacial score (nSPS) is 13.5. The quantitative estimate of drug-likeness (QED) is 0.502. The van der Waals surface area contributed by atoms with Gasteiger partial charge < -0.3 is 14.8 Å². The second-order valence-electron chi connectivity index (χ2n) is 8.00. The lowest BCUT2D eigenvalue weighted by molar-refractivity contribution is -0.140. The van der Waals surface area contributed by atoms with E-state index in [1.54, 1.807) is 0 Å². The molecule has 4 heteroatoms. The van der Waals surface area contributed by atoms with Crippen LogP contribution in [0.4, 0.5) is 5.69 Å². The van der Waals surface area contributed by atoms with Gasteiger partial charge in [-0.3, -0.25) is 4.79 Å². The molecule has 0 saturated heterocycles. The first-order valence-corrected chi connectivity index (χ1v) is 10.5. The molecule has 1 N–H and O–H groups in total. The van der Waals surface area contributed by atoms with Gasteiger partial charge in [0.2, 0.25) is 0 Å². The molecule has 154 valence electrons. The summed E-state index contributed by atoms with van der Waals surface area (Å²) in [6.45, 7) is 11.6. The summed E-state index contributed by atoms with van der Waals surface area (Å²) < 4.78 is 12.0. The van der Waals surface area contributed by atoms with Crippen LogP contribution >= 0.6 is 0 Å². The highest BCUT2D eigenvalue weighted by Crippen LogP contribution is 2.33. The van der Waals surface area contributed by atoms with Crippen LogP contribution in [0.25, 0.3) is 10.8 Å². The number of benzene rings is 2. The Kier molecular flexibility index (Phi) is 8.31. The number of carbonyl (C=O) groups is 1. The highest BCUT2D eigenvalue weighted by atomic mass is 16.5. The second kappa shape index (κ2) is 10.5. The van der Waals surface area contributed by atoms with Gasteiger partial charge in [0.05, 0.1) is 6.61 Å². The molecule has 0 aliphatic carbocycles. The molecule has 0 radical (unpaired) electrons. The maximum atomic E-state index is 13.1. The minimum atomic E-state index is -0.820. The minimum absolute atomic E-state index is 0.0876. The van der Waals surface area contributed by atoms with Crippen LogP contribution in [-0.4, -0.2) is 24.7 Å². The van der Waals surface area contributed by atoms with Crippen LogP contribution in [0.2, 0.25) is 0 Å². The van der Waals surface area contributed by atoms with Gasteiger partial charge in [0, 0.05) is 23.1 Å². The Hall–Kier alpha value is -2.07. The van der Waals surface area contributed by atoms with Gasteiger partial charge in [-0.05, 0) is 37.8 Å². The summed E-state index contributed by atoms with van der Waals surface area (Å²) in [4.78, 5) is 13.1. The second-order valence-corrected chi connectivity index (χ2v) is 8.00. The van der Waals surface area contributed by atoms with Crippen LogP contribution < -0.4 is 10.1 Å². The zero-order valence-electron chi connectivity index (χ0n) is 18.0. The maximum Gasteiger partial charge on any atom is 0.256 e. The van der Waals surface area contributed by atoms with Crippen LogP contribution in [0.3, 0.4) is 0 Å². The molecule has 0 heterocycles. The predicted molar refractivity (Wildman–Crippen MR) is 117 cm³/mol. The van der Waals surface area contributed by atoms with Crippen molar-refractivity contribution in [2.24, 2.45) is 5.92 Å². The Bertz CT molecular complexity index is 762. The van der Waals surface area contributed by atoms with E-state index < -0.39 is 5.60 Å². The first-order valence-electron chi connectivity index (χ1n) is 10.5. The van der Waals surface area contributed by atoms with Gasteiger partial charge in [0.25, 0.3) is 5.91 Å². The largest absolute Gasteiger partial charge is 0.493 e. The fourth-order valence-electron chi connectivity index (χ4n) is 3.11. The minimum Gasteiger partial charge on any atom is -0.493 e. The molecule has 0 aliphatic rings. The Morgan fingerprint density at radius 2 is 1.79 bits per heavy atom. The highest BCUT2D eigenvalue weighted by Gasteiger charge is 2.33. The first kappa shape index (κ1) is 22.2. The van der Waals surface area contributed by atoms with Crippen molar-refractivity contribution in [1.82, 2.24) is 0 Å². The summed E-state index contributed by atoms with van der Waals surface area (Å²) in [5.41, 5.74) is -0.0275. The number of anilines is 1. The molecule has 2 aromatic carbocycles. The molecule has 2 aromatic rings. The molecule has 0 aromatic heterocycles. The van der Waals surface area contributed by atoms with Crippen molar-refractivity contribution in [2.75, 3.05) is 18.5 Å². The summed E-state index contributed by atoms with van der Waals surface area (Å²) in [5, 5.41) is 5.10. The van der Waals surface area contributed by atoms with Crippen LogP contribution in [-0.2, 0) is 9.53 Å². The molecular formula is C24H35NO3. The number of amides is 1. The van der Waals surface area contributed by atoms with Crippen molar-refractivity contribution in [3.05, 3.63) is 36.4 Å². The molecule has 0 aliphatic heterocycles. The fraction of sp³-hybridized carbons (Fsp3) is 0.542. The number of nitrogens with one attached hydrogen (secondary N) is 1. The van der Waals surface area contributed by atoms with Gasteiger partial charge in [-0.15, -0.1) is 0 Å². The topological polar surface area (TPSA) is 47.6 Å². The van der Waals surface area contributed by atoms with E-state index in [0.29, 0.717) is 25.6 Å². The summed E-state index contributed by atoms with van der Waals surface area (Å²) >= 11 is 0. The number of hydrogen-bond acceptors (Lipinski definition) is 3. The third kappa shape index (κ3) is 5.71. The van der Waals surface area contributed by atoms with Crippen molar-refractivity contribution >= 4 is 22.4 Å². The summed E-state index contributed by atoms with van der Waals surface area (Å²) in [6, 6.07) is 11.9. The Morgan fingerprint density at radius 1 is 1.07 bits per heavy atom. The van der Waals surface area contributed by atoms with Crippen LogP contribution in [0.1, 0.15) is 60.3 Å². The zero-order valence-corrected chi connectivity index (χ0v) is 18.0. The smallest absolute Gasteiger partial charge is 0.256 e. The number of unbranched alkanes of at least 4 members (excludes halogenated alkanes) is 1. The number of rotatable bonds is 11. The molecule has 1 amide bonds. The zero-order chi connectivity index (χ0) is 20.6. The number of hydrogen-bond donors (Lipinski definition) is 1. The molecule has 2 rings (SSSR count). The summed E-state index contributed by atoms with van der Waals surface area (Å²) in [5.74, 6) is 1.21. The lowest BCUT2D eigenvalue weighted by atomic mass is 9.97. The van der Waals surface area contributed by atoms with Crippen molar-refractivity contribution in [3.63, 3.8) is 0 Å². The Labute approximate surface area is 169 Å². The van der Waals surface area contributed by atoms with E-state index in [4.69, 9.17) is 9.47 Å². The van der Waals surface area contributed by atoms with Gasteiger partial charge >= 0.3 is 0 Å². The van der Waals surface area contributed by atoms with Crippen LogP contribution in [0, 0.1) is 5.92 Å². The first-order chi connectivity index (χ1) is 13.4. The standard InChI is InChI=1S/C24H35NO3/c1-6-8-15-24(5,28-16-7-2)23(26)25-21-13-14-22(27-17-18(3)4)20-12-10-9-11-19(20)21/h9-14,18H,6-8,15-17H2,1-5H3,(H,25,26). The summed E-state index contributed by atoms with van der Waals surface area (Å²) in [7, 11) is 0. The fourth-order valence-corrected chi connectivity index (χ4v) is 3.11. The third-order valence-corrected chi connectivity index (χ3v) is 4.82. The van der Waals surface area contributed by atoms with E-state index in [0.717, 1.165) is 41.5 Å². The van der Waals surface area contributed by atoms with E-state index in [2.05, 4.69) is 33.0 Å². The lowest BCUT2D eigenvalue weighted by Crippen LogP contribution is -2.43. The van der Waals surface area contributed by atoms with Gasteiger partial charge in [0.15, 0.2) is 0 Å².